The fourth-order valence-corrected chi connectivity index (χ4v) is 4.30. The lowest BCUT2D eigenvalue weighted by molar-refractivity contribution is 0.109. The summed E-state index contributed by atoms with van der Waals surface area (Å²) in [4.78, 5) is 5.16. The highest BCUT2D eigenvalue weighted by Crippen LogP contribution is 2.30. The van der Waals surface area contributed by atoms with Crippen molar-refractivity contribution in [3.8, 4) is 0 Å². The number of fused-ring (bicyclic) bond motifs is 1. The summed E-state index contributed by atoms with van der Waals surface area (Å²) in [6.45, 7) is 7.07. The Morgan fingerprint density at radius 2 is 1.89 bits per heavy atom. The standard InChI is InChI=1S/C16H23BrN2/c1-12-9-13-11-19(8-5-15(13)16(17)10-12)14-3-6-18(2)7-4-14/h9-10,14H,3-8,11H2,1-2H3. The van der Waals surface area contributed by atoms with Gasteiger partial charge in [-0.15, -0.1) is 0 Å². The summed E-state index contributed by atoms with van der Waals surface area (Å²) in [6, 6.07) is 5.43. The molecule has 1 fully saturated rings. The molecule has 1 aromatic rings. The van der Waals surface area contributed by atoms with Crippen molar-refractivity contribution in [2.24, 2.45) is 0 Å². The number of likely N-dealkylation sites (tertiary alicyclic amines) is 1. The first-order valence-corrected chi connectivity index (χ1v) is 8.13. The van der Waals surface area contributed by atoms with Crippen LogP contribution in [0.2, 0.25) is 0 Å². The Morgan fingerprint density at radius 3 is 2.63 bits per heavy atom. The quantitative estimate of drug-likeness (QED) is 0.783. The number of benzene rings is 1. The number of hydrogen-bond donors (Lipinski definition) is 0. The molecular weight excluding hydrogens is 300 g/mol. The second kappa shape index (κ2) is 5.55. The van der Waals surface area contributed by atoms with Gasteiger partial charge in [-0.25, -0.2) is 0 Å². The SMILES string of the molecule is Cc1cc(Br)c2c(c1)CN(C1CCN(C)CC1)CC2. The first kappa shape index (κ1) is 13.6. The van der Waals surface area contributed by atoms with Crippen LogP contribution in [0, 0.1) is 6.92 Å². The smallest absolute Gasteiger partial charge is 0.0240 e. The van der Waals surface area contributed by atoms with Crippen molar-refractivity contribution in [3.63, 3.8) is 0 Å². The van der Waals surface area contributed by atoms with E-state index < -0.39 is 0 Å². The lowest BCUT2D eigenvalue weighted by Gasteiger charge is -2.40. The zero-order valence-corrected chi connectivity index (χ0v) is 13.5. The van der Waals surface area contributed by atoms with E-state index in [1.54, 1.807) is 0 Å². The number of halogens is 1. The molecule has 0 aliphatic carbocycles. The van der Waals surface area contributed by atoms with E-state index >= 15 is 0 Å². The molecule has 19 heavy (non-hydrogen) atoms. The Labute approximate surface area is 124 Å². The molecule has 3 heteroatoms. The summed E-state index contributed by atoms with van der Waals surface area (Å²) in [6.07, 6.45) is 3.86. The lowest BCUT2D eigenvalue weighted by Crippen LogP contribution is -2.45. The van der Waals surface area contributed by atoms with Gasteiger partial charge in [0.25, 0.3) is 0 Å². The number of hydrogen-bond acceptors (Lipinski definition) is 2. The van der Waals surface area contributed by atoms with E-state index in [9.17, 15) is 0 Å². The first-order chi connectivity index (χ1) is 9.13. The Bertz CT molecular complexity index is 464. The van der Waals surface area contributed by atoms with Crippen LogP contribution in [-0.2, 0) is 13.0 Å². The van der Waals surface area contributed by atoms with E-state index in [0.717, 1.165) is 12.6 Å². The van der Waals surface area contributed by atoms with Crippen LogP contribution in [0.5, 0.6) is 0 Å². The van der Waals surface area contributed by atoms with Crippen molar-refractivity contribution >= 4 is 15.9 Å². The average molecular weight is 323 g/mol. The Morgan fingerprint density at radius 1 is 1.16 bits per heavy atom. The van der Waals surface area contributed by atoms with Crippen molar-refractivity contribution < 1.29 is 0 Å². The predicted molar refractivity (Wildman–Crippen MR) is 83.5 cm³/mol. The molecular formula is C16H23BrN2. The topological polar surface area (TPSA) is 6.48 Å². The Kier molecular flexibility index (Phi) is 3.97. The number of nitrogens with zero attached hydrogens (tertiary/aromatic N) is 2. The van der Waals surface area contributed by atoms with E-state index in [1.165, 1.54) is 60.1 Å². The third-order valence-corrected chi connectivity index (χ3v) is 5.37. The summed E-state index contributed by atoms with van der Waals surface area (Å²) in [5, 5.41) is 0. The van der Waals surface area contributed by atoms with Crippen molar-refractivity contribution in [2.45, 2.75) is 38.8 Å². The summed E-state index contributed by atoms with van der Waals surface area (Å²) < 4.78 is 1.31. The van der Waals surface area contributed by atoms with E-state index in [0.29, 0.717) is 0 Å². The average Bonchev–Trinajstić information content (AvgIpc) is 2.38. The van der Waals surface area contributed by atoms with Gasteiger partial charge in [-0.3, -0.25) is 4.90 Å². The number of piperidine rings is 1. The molecule has 2 nitrogen and oxygen atoms in total. The van der Waals surface area contributed by atoms with E-state index in [4.69, 9.17) is 0 Å². The molecule has 2 aliphatic rings. The molecule has 0 amide bonds. The largest absolute Gasteiger partial charge is 0.306 e. The van der Waals surface area contributed by atoms with Gasteiger partial charge in [0.1, 0.15) is 0 Å². The molecule has 0 aromatic heterocycles. The third-order valence-electron chi connectivity index (χ3n) is 4.66. The summed E-state index contributed by atoms with van der Waals surface area (Å²) in [5.41, 5.74) is 4.45. The van der Waals surface area contributed by atoms with E-state index in [1.807, 2.05) is 0 Å². The molecule has 0 N–H and O–H groups in total. The second-order valence-electron chi connectivity index (χ2n) is 6.14. The van der Waals surface area contributed by atoms with Gasteiger partial charge in [0.05, 0.1) is 0 Å². The third kappa shape index (κ3) is 2.88. The molecule has 1 aromatic carbocycles. The van der Waals surface area contributed by atoms with Gasteiger partial charge in [0.2, 0.25) is 0 Å². The molecule has 2 aliphatic heterocycles. The monoisotopic (exact) mass is 322 g/mol. The van der Waals surface area contributed by atoms with Gasteiger partial charge in [0, 0.05) is 23.6 Å². The van der Waals surface area contributed by atoms with Crippen LogP contribution in [0.3, 0.4) is 0 Å². The van der Waals surface area contributed by atoms with Gasteiger partial charge >= 0.3 is 0 Å². The predicted octanol–water partition coefficient (Wildman–Crippen LogP) is 3.21. The van der Waals surface area contributed by atoms with Crippen LogP contribution in [-0.4, -0.2) is 42.5 Å². The Hall–Kier alpha value is -0.380. The molecule has 104 valence electrons. The minimum atomic E-state index is 0.795. The zero-order chi connectivity index (χ0) is 13.4. The molecule has 0 unspecified atom stereocenters. The number of aryl methyl sites for hydroxylation is 1. The minimum absolute atomic E-state index is 0.795. The highest BCUT2D eigenvalue weighted by molar-refractivity contribution is 9.10. The Balaban J connectivity index is 1.75. The maximum absolute atomic E-state index is 3.73. The van der Waals surface area contributed by atoms with Gasteiger partial charge in [-0.1, -0.05) is 22.0 Å². The zero-order valence-electron chi connectivity index (χ0n) is 12.0. The molecule has 0 bridgehead atoms. The molecule has 3 rings (SSSR count). The van der Waals surface area contributed by atoms with Crippen LogP contribution in [0.4, 0.5) is 0 Å². The van der Waals surface area contributed by atoms with Crippen LogP contribution < -0.4 is 0 Å². The molecule has 0 radical (unpaired) electrons. The summed E-state index contributed by atoms with van der Waals surface area (Å²) >= 11 is 3.73. The van der Waals surface area contributed by atoms with E-state index in [2.05, 4.69) is 51.8 Å². The van der Waals surface area contributed by atoms with Crippen LogP contribution in [0.25, 0.3) is 0 Å². The molecule has 1 saturated heterocycles. The molecule has 0 atom stereocenters. The fraction of sp³-hybridized carbons (Fsp3) is 0.625. The number of rotatable bonds is 1. The normalized spacial score (nSPS) is 22.5. The van der Waals surface area contributed by atoms with Crippen LogP contribution >= 0.6 is 15.9 Å². The minimum Gasteiger partial charge on any atom is -0.306 e. The maximum Gasteiger partial charge on any atom is 0.0240 e. The molecule has 0 spiro atoms. The van der Waals surface area contributed by atoms with Gasteiger partial charge in [0.15, 0.2) is 0 Å². The van der Waals surface area contributed by atoms with Gasteiger partial charge < -0.3 is 4.90 Å². The van der Waals surface area contributed by atoms with Crippen LogP contribution in [0.15, 0.2) is 16.6 Å². The highest BCUT2D eigenvalue weighted by Gasteiger charge is 2.27. The highest BCUT2D eigenvalue weighted by atomic mass is 79.9. The lowest BCUT2D eigenvalue weighted by atomic mass is 9.94. The summed E-state index contributed by atoms with van der Waals surface area (Å²) in [7, 11) is 2.24. The second-order valence-corrected chi connectivity index (χ2v) is 6.99. The molecule has 2 heterocycles. The van der Waals surface area contributed by atoms with Crippen LogP contribution in [0.1, 0.15) is 29.5 Å². The summed E-state index contributed by atoms with van der Waals surface area (Å²) in [5.74, 6) is 0. The van der Waals surface area contributed by atoms with Crippen molar-refractivity contribution in [1.82, 2.24) is 9.80 Å². The molecule has 0 saturated carbocycles. The van der Waals surface area contributed by atoms with Crippen molar-refractivity contribution in [2.75, 3.05) is 26.7 Å². The maximum atomic E-state index is 3.73. The van der Waals surface area contributed by atoms with Gasteiger partial charge in [-0.2, -0.15) is 0 Å². The first-order valence-electron chi connectivity index (χ1n) is 7.34. The van der Waals surface area contributed by atoms with Gasteiger partial charge in [-0.05, 0) is 69.1 Å². The van der Waals surface area contributed by atoms with E-state index in [-0.39, 0.29) is 0 Å². The van der Waals surface area contributed by atoms with Crippen molar-refractivity contribution in [1.29, 1.82) is 0 Å². The fourth-order valence-electron chi connectivity index (χ4n) is 3.49. The van der Waals surface area contributed by atoms with Crippen molar-refractivity contribution in [3.05, 3.63) is 33.3 Å².